The van der Waals surface area contributed by atoms with Gasteiger partial charge in [0, 0.05) is 0 Å². The molecule has 2 N–H and O–H groups in total. The molecule has 0 aromatic carbocycles. The molecule has 64 valence electrons. The molecule has 0 amide bonds. The molecule has 0 aromatic rings. The van der Waals surface area contributed by atoms with Crippen LogP contribution in [0.5, 0.6) is 0 Å². The zero-order chi connectivity index (χ0) is 8.54. The molecular weight excluding hydrogens is 138 g/mol. The van der Waals surface area contributed by atoms with Gasteiger partial charge in [-0.25, -0.2) is 0 Å². The zero-order valence-electron chi connectivity index (χ0n) is 7.39. The molecule has 0 radical (unpaired) electrons. The average molecular weight is 155 g/mol. The molecular formula is C9H17NO. The Balaban J connectivity index is 2.54. The van der Waals surface area contributed by atoms with Gasteiger partial charge in [0.05, 0.1) is 5.54 Å². The second-order valence-electron chi connectivity index (χ2n) is 4.52. The number of rotatable bonds is 1. The molecule has 1 rings (SSSR count). The van der Waals surface area contributed by atoms with Gasteiger partial charge >= 0.3 is 0 Å². The van der Waals surface area contributed by atoms with E-state index in [-0.39, 0.29) is 0 Å². The maximum Gasteiger partial charge on any atom is 0.139 e. The van der Waals surface area contributed by atoms with Crippen LogP contribution in [-0.4, -0.2) is 11.8 Å². The Morgan fingerprint density at radius 2 is 1.64 bits per heavy atom. The first-order valence-electron chi connectivity index (χ1n) is 4.23. The molecule has 0 aliphatic heterocycles. The first-order valence-corrected chi connectivity index (χ1v) is 4.23. The van der Waals surface area contributed by atoms with E-state index in [9.17, 15) is 4.79 Å². The van der Waals surface area contributed by atoms with Crippen molar-refractivity contribution in [3.8, 4) is 0 Å². The van der Waals surface area contributed by atoms with Crippen molar-refractivity contribution < 1.29 is 4.79 Å². The quantitative estimate of drug-likeness (QED) is 0.583. The third-order valence-corrected chi connectivity index (χ3v) is 2.77. The topological polar surface area (TPSA) is 43.1 Å². The lowest BCUT2D eigenvalue weighted by atomic mass is 9.70. The second kappa shape index (κ2) is 2.59. The Morgan fingerprint density at radius 3 is 2.00 bits per heavy atom. The van der Waals surface area contributed by atoms with Crippen LogP contribution in [0.1, 0.15) is 39.5 Å². The number of aldehydes is 1. The van der Waals surface area contributed by atoms with Crippen molar-refractivity contribution in [1.29, 1.82) is 0 Å². The minimum Gasteiger partial charge on any atom is -0.319 e. The highest BCUT2D eigenvalue weighted by Gasteiger charge is 2.34. The molecule has 0 atom stereocenters. The van der Waals surface area contributed by atoms with Crippen LogP contribution in [0.4, 0.5) is 0 Å². The van der Waals surface area contributed by atoms with Crippen molar-refractivity contribution in [2.24, 2.45) is 11.1 Å². The van der Waals surface area contributed by atoms with Crippen LogP contribution in [0.2, 0.25) is 0 Å². The van der Waals surface area contributed by atoms with E-state index >= 15 is 0 Å². The number of nitrogens with two attached hydrogens (primary N) is 1. The summed E-state index contributed by atoms with van der Waals surface area (Å²) in [6.07, 6.45) is 4.76. The van der Waals surface area contributed by atoms with E-state index in [4.69, 9.17) is 5.73 Å². The summed E-state index contributed by atoms with van der Waals surface area (Å²) >= 11 is 0. The van der Waals surface area contributed by atoms with Crippen molar-refractivity contribution in [2.75, 3.05) is 0 Å². The Labute approximate surface area is 68.2 Å². The van der Waals surface area contributed by atoms with Gasteiger partial charge in [-0.15, -0.1) is 0 Å². The standard InChI is InChI=1S/C9H17NO/c1-8(2)3-5-9(10,7-11)6-4-8/h7H,3-6,10H2,1-2H3. The highest BCUT2D eigenvalue weighted by atomic mass is 16.1. The Bertz CT molecular complexity index is 153. The molecule has 0 unspecified atom stereocenters. The molecule has 2 heteroatoms. The monoisotopic (exact) mass is 155 g/mol. The molecule has 1 fully saturated rings. The largest absolute Gasteiger partial charge is 0.319 e. The van der Waals surface area contributed by atoms with Gasteiger partial charge in [-0.05, 0) is 31.1 Å². The number of carbonyl (C=O) groups excluding carboxylic acids is 1. The highest BCUT2D eigenvalue weighted by Crippen LogP contribution is 2.37. The molecule has 11 heavy (non-hydrogen) atoms. The van der Waals surface area contributed by atoms with Crippen molar-refractivity contribution in [1.82, 2.24) is 0 Å². The molecule has 0 bridgehead atoms. The van der Waals surface area contributed by atoms with E-state index in [0.717, 1.165) is 32.0 Å². The molecule has 1 aliphatic rings. The molecule has 1 saturated carbocycles. The number of hydrogen-bond donors (Lipinski definition) is 1. The normalized spacial score (nSPS) is 27.9. The van der Waals surface area contributed by atoms with Crippen LogP contribution in [-0.2, 0) is 4.79 Å². The summed E-state index contributed by atoms with van der Waals surface area (Å²) in [5.74, 6) is 0. The first kappa shape index (κ1) is 8.72. The Kier molecular flexibility index (Phi) is 2.06. The summed E-state index contributed by atoms with van der Waals surface area (Å²) < 4.78 is 0. The lowest BCUT2D eigenvalue weighted by Gasteiger charge is -2.37. The summed E-state index contributed by atoms with van der Waals surface area (Å²) in [6.45, 7) is 4.47. The van der Waals surface area contributed by atoms with Gasteiger partial charge in [-0.3, -0.25) is 0 Å². The van der Waals surface area contributed by atoms with Gasteiger partial charge in [0.2, 0.25) is 0 Å². The van der Waals surface area contributed by atoms with E-state index in [1.807, 2.05) is 0 Å². The van der Waals surface area contributed by atoms with Crippen molar-refractivity contribution in [2.45, 2.75) is 45.1 Å². The van der Waals surface area contributed by atoms with E-state index in [1.165, 1.54) is 0 Å². The second-order valence-corrected chi connectivity index (χ2v) is 4.52. The predicted molar refractivity (Wildman–Crippen MR) is 45.2 cm³/mol. The fourth-order valence-corrected chi connectivity index (χ4v) is 1.51. The van der Waals surface area contributed by atoms with E-state index < -0.39 is 5.54 Å². The van der Waals surface area contributed by atoms with Crippen molar-refractivity contribution >= 4 is 6.29 Å². The summed E-state index contributed by atoms with van der Waals surface area (Å²) in [7, 11) is 0. The van der Waals surface area contributed by atoms with Crippen LogP contribution < -0.4 is 5.73 Å². The minimum absolute atomic E-state index is 0.395. The van der Waals surface area contributed by atoms with Gasteiger partial charge < -0.3 is 10.5 Å². The lowest BCUT2D eigenvalue weighted by molar-refractivity contribution is -0.113. The minimum atomic E-state index is -0.504. The molecule has 2 nitrogen and oxygen atoms in total. The fourth-order valence-electron chi connectivity index (χ4n) is 1.51. The van der Waals surface area contributed by atoms with Gasteiger partial charge in [-0.2, -0.15) is 0 Å². The first-order chi connectivity index (χ1) is 4.97. The Morgan fingerprint density at radius 1 is 1.18 bits per heavy atom. The Hall–Kier alpha value is -0.370. The highest BCUT2D eigenvalue weighted by molar-refractivity contribution is 5.63. The van der Waals surface area contributed by atoms with Crippen LogP contribution >= 0.6 is 0 Å². The van der Waals surface area contributed by atoms with E-state index in [1.54, 1.807) is 0 Å². The fraction of sp³-hybridized carbons (Fsp3) is 0.889. The molecule has 0 spiro atoms. The van der Waals surface area contributed by atoms with Crippen LogP contribution in [0.3, 0.4) is 0 Å². The molecule has 0 aromatic heterocycles. The van der Waals surface area contributed by atoms with Gasteiger partial charge in [0.1, 0.15) is 6.29 Å². The predicted octanol–water partition coefficient (Wildman–Crippen LogP) is 1.48. The van der Waals surface area contributed by atoms with E-state index in [2.05, 4.69) is 13.8 Å². The maximum absolute atomic E-state index is 10.6. The van der Waals surface area contributed by atoms with E-state index in [0.29, 0.717) is 5.41 Å². The smallest absolute Gasteiger partial charge is 0.139 e. The summed E-state index contributed by atoms with van der Waals surface area (Å²) in [6, 6.07) is 0. The number of carbonyl (C=O) groups is 1. The molecule has 0 saturated heterocycles. The summed E-state index contributed by atoms with van der Waals surface area (Å²) in [5.41, 5.74) is 5.70. The summed E-state index contributed by atoms with van der Waals surface area (Å²) in [5, 5.41) is 0. The molecule has 1 aliphatic carbocycles. The van der Waals surface area contributed by atoms with Crippen molar-refractivity contribution in [3.63, 3.8) is 0 Å². The summed E-state index contributed by atoms with van der Waals surface area (Å²) in [4.78, 5) is 10.6. The van der Waals surface area contributed by atoms with Crippen LogP contribution in [0, 0.1) is 5.41 Å². The average Bonchev–Trinajstić information content (AvgIpc) is 1.97. The van der Waals surface area contributed by atoms with Crippen LogP contribution in [0.25, 0.3) is 0 Å². The maximum atomic E-state index is 10.6. The third kappa shape index (κ3) is 2.03. The SMILES string of the molecule is CC1(C)CCC(N)(C=O)CC1. The zero-order valence-corrected chi connectivity index (χ0v) is 7.39. The van der Waals surface area contributed by atoms with Gasteiger partial charge in [0.15, 0.2) is 0 Å². The van der Waals surface area contributed by atoms with Crippen LogP contribution in [0.15, 0.2) is 0 Å². The van der Waals surface area contributed by atoms with Gasteiger partial charge in [-0.1, -0.05) is 13.8 Å². The van der Waals surface area contributed by atoms with Gasteiger partial charge in [0.25, 0.3) is 0 Å². The third-order valence-electron chi connectivity index (χ3n) is 2.77. The lowest BCUT2D eigenvalue weighted by Crippen LogP contribution is -2.46. The molecule has 0 heterocycles. The van der Waals surface area contributed by atoms with Crippen molar-refractivity contribution in [3.05, 3.63) is 0 Å². The number of hydrogen-bond acceptors (Lipinski definition) is 2.